The smallest absolute Gasteiger partial charge is 0.230 e. The Morgan fingerprint density at radius 2 is 0.938 bits per heavy atom. The molecule has 0 fully saturated rings. The summed E-state index contributed by atoms with van der Waals surface area (Å²) in [4.78, 5) is 34.3. The van der Waals surface area contributed by atoms with Crippen LogP contribution in [0.1, 0.15) is 52.7 Å². The average Bonchev–Trinajstić information content (AvgIpc) is 2.74. The topological polar surface area (TPSA) is 82.9 Å². The highest BCUT2D eigenvalue weighted by Crippen LogP contribution is 2.14. The van der Waals surface area contributed by atoms with Crippen molar-refractivity contribution in [2.24, 2.45) is 20.8 Å². The van der Waals surface area contributed by atoms with Crippen LogP contribution in [0.5, 0.6) is 0 Å². The van der Waals surface area contributed by atoms with Crippen molar-refractivity contribution in [1.29, 1.82) is 0 Å². The summed E-state index contributed by atoms with van der Waals surface area (Å²) in [5.74, 6) is 0.818. The number of benzene rings is 2. The first-order chi connectivity index (χ1) is 15.0. The molecule has 0 saturated carbocycles. The molecule has 6 nitrogen and oxygen atoms in total. The summed E-state index contributed by atoms with van der Waals surface area (Å²) in [5, 5.41) is 5.88. The molecule has 0 atom stereocenters. The summed E-state index contributed by atoms with van der Waals surface area (Å²) in [6.45, 7) is 11.9. The fourth-order valence-corrected chi connectivity index (χ4v) is 2.51. The second kappa shape index (κ2) is 10.8. The minimum atomic E-state index is -0.536. The van der Waals surface area contributed by atoms with Crippen molar-refractivity contribution in [3.05, 3.63) is 71.8 Å². The molecular formula is C26H34N4O2. The molecule has 2 N–H and O–H groups in total. The number of amides is 2. The first-order valence-electron chi connectivity index (χ1n) is 10.8. The van der Waals surface area contributed by atoms with Gasteiger partial charge in [-0.25, -0.2) is 0 Å². The Morgan fingerprint density at radius 1 is 0.625 bits per heavy atom. The Bertz CT molecular complexity index is 885. The Labute approximate surface area is 191 Å². The molecule has 2 aromatic carbocycles. The molecule has 2 aromatic rings. The van der Waals surface area contributed by atoms with E-state index in [1.54, 1.807) is 0 Å². The second-order valence-corrected chi connectivity index (χ2v) is 9.60. The van der Waals surface area contributed by atoms with Gasteiger partial charge in [-0.05, 0) is 0 Å². The van der Waals surface area contributed by atoms with Crippen molar-refractivity contribution in [2.75, 3.05) is 13.1 Å². The molecule has 0 saturated heterocycles. The van der Waals surface area contributed by atoms with Gasteiger partial charge in [-0.1, -0.05) is 102 Å². The third-order valence-electron chi connectivity index (χ3n) is 4.56. The van der Waals surface area contributed by atoms with Crippen molar-refractivity contribution in [1.82, 2.24) is 10.6 Å². The summed E-state index contributed by atoms with van der Waals surface area (Å²) >= 11 is 0. The second-order valence-electron chi connectivity index (χ2n) is 9.60. The SMILES string of the molecule is CC(C)(C)C(=O)NC(=NCCN=C(NC(=O)C(C)(C)C)c1ccccc1)c1ccccc1. The molecular weight excluding hydrogens is 400 g/mol. The van der Waals surface area contributed by atoms with E-state index in [-0.39, 0.29) is 11.8 Å². The third kappa shape index (κ3) is 7.76. The lowest BCUT2D eigenvalue weighted by molar-refractivity contribution is -0.127. The van der Waals surface area contributed by atoms with Crippen molar-refractivity contribution >= 4 is 23.5 Å². The highest BCUT2D eigenvalue weighted by molar-refractivity contribution is 6.09. The van der Waals surface area contributed by atoms with Gasteiger partial charge in [-0.15, -0.1) is 0 Å². The van der Waals surface area contributed by atoms with E-state index in [4.69, 9.17) is 0 Å². The summed E-state index contributed by atoms with van der Waals surface area (Å²) in [6.07, 6.45) is 0. The number of carbonyl (C=O) groups excluding carboxylic acids is 2. The van der Waals surface area contributed by atoms with Crippen LogP contribution < -0.4 is 10.6 Å². The number of hydrogen-bond donors (Lipinski definition) is 2. The number of amidine groups is 2. The van der Waals surface area contributed by atoms with Crippen LogP contribution in [0.4, 0.5) is 0 Å². The third-order valence-corrected chi connectivity index (χ3v) is 4.56. The van der Waals surface area contributed by atoms with Crippen LogP contribution in [-0.2, 0) is 9.59 Å². The lowest BCUT2D eigenvalue weighted by Gasteiger charge is -2.19. The first kappa shape index (κ1) is 25.0. The lowest BCUT2D eigenvalue weighted by atomic mass is 9.95. The molecule has 32 heavy (non-hydrogen) atoms. The molecule has 0 aromatic heterocycles. The van der Waals surface area contributed by atoms with E-state index >= 15 is 0 Å². The van der Waals surface area contributed by atoms with Gasteiger partial charge in [0, 0.05) is 22.0 Å². The molecule has 0 aliphatic heterocycles. The number of aliphatic imine (C=N–C) groups is 2. The number of nitrogens with one attached hydrogen (secondary N) is 2. The van der Waals surface area contributed by atoms with Crippen LogP contribution in [0.15, 0.2) is 70.6 Å². The van der Waals surface area contributed by atoms with Crippen LogP contribution in [0, 0.1) is 10.8 Å². The minimum absolute atomic E-state index is 0.106. The summed E-state index contributed by atoms with van der Waals surface area (Å²) in [7, 11) is 0. The van der Waals surface area contributed by atoms with Gasteiger partial charge in [0.05, 0.1) is 13.1 Å². The van der Waals surface area contributed by atoms with Crippen molar-refractivity contribution < 1.29 is 9.59 Å². The van der Waals surface area contributed by atoms with E-state index in [1.807, 2.05) is 102 Å². The molecule has 0 spiro atoms. The van der Waals surface area contributed by atoms with E-state index in [1.165, 1.54) is 0 Å². The van der Waals surface area contributed by atoms with Crippen LogP contribution in [-0.4, -0.2) is 36.6 Å². The maximum absolute atomic E-state index is 12.5. The van der Waals surface area contributed by atoms with Gasteiger partial charge in [-0.3, -0.25) is 19.6 Å². The molecule has 0 aliphatic carbocycles. The summed E-state index contributed by atoms with van der Waals surface area (Å²) in [6, 6.07) is 19.1. The summed E-state index contributed by atoms with van der Waals surface area (Å²) < 4.78 is 0. The Kier molecular flexibility index (Phi) is 8.47. The fourth-order valence-electron chi connectivity index (χ4n) is 2.51. The Morgan fingerprint density at radius 3 is 1.22 bits per heavy atom. The molecule has 2 amide bonds. The van der Waals surface area contributed by atoms with Gasteiger partial charge in [0.1, 0.15) is 11.7 Å². The minimum Gasteiger partial charge on any atom is -0.310 e. The quantitative estimate of drug-likeness (QED) is 0.420. The molecule has 0 aliphatic rings. The van der Waals surface area contributed by atoms with E-state index in [9.17, 15) is 9.59 Å². The van der Waals surface area contributed by atoms with Gasteiger partial charge < -0.3 is 10.6 Å². The average molecular weight is 435 g/mol. The normalized spacial score (nSPS) is 12.9. The monoisotopic (exact) mass is 434 g/mol. The van der Waals surface area contributed by atoms with Crippen LogP contribution in [0.2, 0.25) is 0 Å². The molecule has 170 valence electrons. The molecule has 0 radical (unpaired) electrons. The fraction of sp³-hybridized carbons (Fsp3) is 0.385. The van der Waals surface area contributed by atoms with Crippen LogP contribution in [0.25, 0.3) is 0 Å². The van der Waals surface area contributed by atoms with Gasteiger partial charge in [-0.2, -0.15) is 0 Å². The van der Waals surface area contributed by atoms with E-state index in [0.29, 0.717) is 24.8 Å². The maximum atomic E-state index is 12.5. The highest BCUT2D eigenvalue weighted by Gasteiger charge is 2.24. The first-order valence-corrected chi connectivity index (χ1v) is 10.8. The zero-order valence-electron chi connectivity index (χ0n) is 19.9. The maximum Gasteiger partial charge on any atom is 0.230 e. The largest absolute Gasteiger partial charge is 0.310 e. The van der Waals surface area contributed by atoms with Crippen molar-refractivity contribution in [3.8, 4) is 0 Å². The molecule has 6 heteroatoms. The highest BCUT2D eigenvalue weighted by atomic mass is 16.2. The van der Waals surface area contributed by atoms with Gasteiger partial charge in [0.15, 0.2) is 0 Å². The molecule has 0 heterocycles. The van der Waals surface area contributed by atoms with Gasteiger partial charge in [0.2, 0.25) is 11.8 Å². The zero-order valence-corrected chi connectivity index (χ0v) is 19.9. The Balaban J connectivity index is 2.22. The standard InChI is InChI=1S/C26H34N4O2/c1-25(2,3)23(31)29-21(19-13-9-7-10-14-19)27-17-18-28-22(20-15-11-8-12-16-20)30-24(32)26(4,5)6/h7-16H,17-18H2,1-6H3,(H,27,29,31)(H,28,30,32). The lowest BCUT2D eigenvalue weighted by Crippen LogP contribution is -2.40. The number of carbonyl (C=O) groups is 2. The predicted molar refractivity (Wildman–Crippen MR) is 131 cm³/mol. The molecule has 0 unspecified atom stereocenters. The Hall–Kier alpha value is -3.28. The zero-order chi connectivity index (χ0) is 23.8. The van der Waals surface area contributed by atoms with E-state index in [0.717, 1.165) is 11.1 Å². The number of hydrogen-bond acceptors (Lipinski definition) is 4. The number of nitrogens with zero attached hydrogens (tertiary/aromatic N) is 2. The number of rotatable bonds is 5. The van der Waals surface area contributed by atoms with Gasteiger partial charge >= 0.3 is 0 Å². The summed E-state index contributed by atoms with van der Waals surface area (Å²) in [5.41, 5.74) is 0.591. The van der Waals surface area contributed by atoms with Gasteiger partial charge in [0.25, 0.3) is 0 Å². The molecule has 0 bridgehead atoms. The van der Waals surface area contributed by atoms with E-state index < -0.39 is 10.8 Å². The molecule has 2 rings (SSSR count). The van der Waals surface area contributed by atoms with Crippen LogP contribution >= 0.6 is 0 Å². The van der Waals surface area contributed by atoms with Crippen molar-refractivity contribution in [3.63, 3.8) is 0 Å². The van der Waals surface area contributed by atoms with Crippen molar-refractivity contribution in [2.45, 2.75) is 41.5 Å². The predicted octanol–water partition coefficient (Wildman–Crippen LogP) is 4.20. The van der Waals surface area contributed by atoms with Crippen LogP contribution in [0.3, 0.4) is 0 Å². The van der Waals surface area contributed by atoms with E-state index in [2.05, 4.69) is 20.6 Å².